The SMILES string of the molecule is N=C(N)c1ccc(Cl)cc1Oc1cc(Cl)c(Cl)cc1Cl. The van der Waals surface area contributed by atoms with Gasteiger partial charge in [0.15, 0.2) is 0 Å². The van der Waals surface area contributed by atoms with E-state index >= 15 is 0 Å². The number of hydrogen-bond donors (Lipinski definition) is 2. The van der Waals surface area contributed by atoms with Gasteiger partial charge in [-0.1, -0.05) is 46.4 Å². The van der Waals surface area contributed by atoms with Crippen molar-refractivity contribution in [2.45, 2.75) is 0 Å². The highest BCUT2D eigenvalue weighted by atomic mass is 35.5. The topological polar surface area (TPSA) is 59.1 Å². The maximum atomic E-state index is 7.52. The van der Waals surface area contributed by atoms with Gasteiger partial charge in [0.05, 0.1) is 20.6 Å². The molecule has 0 fully saturated rings. The van der Waals surface area contributed by atoms with Crippen molar-refractivity contribution in [1.82, 2.24) is 0 Å². The Labute approximate surface area is 135 Å². The summed E-state index contributed by atoms with van der Waals surface area (Å²) in [5.74, 6) is 0.462. The molecule has 2 aromatic rings. The van der Waals surface area contributed by atoms with Gasteiger partial charge in [-0.15, -0.1) is 0 Å². The van der Waals surface area contributed by atoms with Gasteiger partial charge in [0.25, 0.3) is 0 Å². The molecule has 0 bridgehead atoms. The van der Waals surface area contributed by atoms with E-state index in [0.717, 1.165) is 0 Å². The Balaban J connectivity index is 2.47. The van der Waals surface area contributed by atoms with Gasteiger partial charge in [0.1, 0.15) is 17.3 Å². The molecular weight excluding hydrogens is 342 g/mol. The molecule has 0 aliphatic heterocycles. The molecule has 7 heteroatoms. The molecule has 0 radical (unpaired) electrons. The van der Waals surface area contributed by atoms with Crippen molar-refractivity contribution in [2.24, 2.45) is 5.73 Å². The number of rotatable bonds is 3. The van der Waals surface area contributed by atoms with Crippen LogP contribution < -0.4 is 10.5 Å². The number of ether oxygens (including phenoxy) is 1. The minimum Gasteiger partial charge on any atom is -0.455 e. The predicted molar refractivity (Wildman–Crippen MR) is 84.0 cm³/mol. The summed E-state index contributed by atoms with van der Waals surface area (Å²) in [5, 5.41) is 8.87. The molecule has 0 spiro atoms. The van der Waals surface area contributed by atoms with Crippen LogP contribution in [0, 0.1) is 5.41 Å². The van der Waals surface area contributed by atoms with Gasteiger partial charge in [-0.05, 0) is 18.2 Å². The average molecular weight is 350 g/mol. The number of hydrogen-bond acceptors (Lipinski definition) is 2. The molecule has 20 heavy (non-hydrogen) atoms. The lowest BCUT2D eigenvalue weighted by Crippen LogP contribution is -2.12. The van der Waals surface area contributed by atoms with Crippen molar-refractivity contribution >= 4 is 52.2 Å². The minimum atomic E-state index is -0.146. The first-order chi connectivity index (χ1) is 9.38. The third-order valence-corrected chi connectivity index (χ3v) is 3.68. The van der Waals surface area contributed by atoms with E-state index in [1.54, 1.807) is 12.1 Å². The summed E-state index contributed by atoms with van der Waals surface area (Å²) in [6.07, 6.45) is 0. The van der Waals surface area contributed by atoms with E-state index in [1.165, 1.54) is 18.2 Å². The van der Waals surface area contributed by atoms with E-state index in [-0.39, 0.29) is 10.9 Å². The Hall–Kier alpha value is -1.13. The molecule has 0 unspecified atom stereocenters. The zero-order valence-electron chi connectivity index (χ0n) is 9.88. The van der Waals surface area contributed by atoms with Crippen LogP contribution in [0.2, 0.25) is 20.1 Å². The Morgan fingerprint density at radius 1 is 0.900 bits per heavy atom. The first kappa shape index (κ1) is 15.3. The molecule has 0 saturated carbocycles. The van der Waals surface area contributed by atoms with E-state index in [2.05, 4.69) is 0 Å². The Morgan fingerprint density at radius 2 is 1.55 bits per heavy atom. The van der Waals surface area contributed by atoms with Crippen molar-refractivity contribution < 1.29 is 4.74 Å². The smallest absolute Gasteiger partial charge is 0.147 e. The standard InChI is InChI=1S/C13H8Cl4N2O/c14-6-1-2-7(13(18)19)11(3-6)20-12-5-9(16)8(15)4-10(12)17/h1-5H,(H3,18,19). The number of amidine groups is 1. The molecule has 2 aromatic carbocycles. The van der Waals surface area contributed by atoms with Crippen molar-refractivity contribution in [3.05, 3.63) is 56.0 Å². The fourth-order valence-corrected chi connectivity index (χ4v) is 2.24. The van der Waals surface area contributed by atoms with Crippen molar-refractivity contribution in [3.63, 3.8) is 0 Å². The molecular formula is C13H8Cl4N2O. The second-order valence-electron chi connectivity index (χ2n) is 3.85. The van der Waals surface area contributed by atoms with E-state index < -0.39 is 0 Å². The predicted octanol–water partition coefficient (Wildman–Crippen LogP) is 5.38. The van der Waals surface area contributed by atoms with Gasteiger partial charge in [-0.2, -0.15) is 0 Å². The van der Waals surface area contributed by atoms with Crippen LogP contribution in [0.4, 0.5) is 0 Å². The molecule has 0 amide bonds. The molecule has 0 heterocycles. The van der Waals surface area contributed by atoms with E-state index in [1.807, 2.05) is 0 Å². The lowest BCUT2D eigenvalue weighted by atomic mass is 10.2. The molecule has 0 atom stereocenters. The zero-order valence-corrected chi connectivity index (χ0v) is 12.9. The summed E-state index contributed by atoms with van der Waals surface area (Å²) in [6, 6.07) is 7.69. The second kappa shape index (κ2) is 6.10. The lowest BCUT2D eigenvalue weighted by molar-refractivity contribution is 0.482. The third-order valence-electron chi connectivity index (χ3n) is 2.43. The Morgan fingerprint density at radius 3 is 2.20 bits per heavy atom. The van der Waals surface area contributed by atoms with Gasteiger partial charge in [-0.25, -0.2) is 0 Å². The highest BCUT2D eigenvalue weighted by Crippen LogP contribution is 2.37. The van der Waals surface area contributed by atoms with Crippen LogP contribution >= 0.6 is 46.4 Å². The number of nitrogen functional groups attached to an aromatic ring is 1. The van der Waals surface area contributed by atoms with Crippen molar-refractivity contribution in [3.8, 4) is 11.5 Å². The number of nitrogens with one attached hydrogen (secondary N) is 1. The maximum absolute atomic E-state index is 7.52. The first-order valence-corrected chi connectivity index (χ1v) is 6.86. The van der Waals surface area contributed by atoms with Crippen LogP contribution in [0.5, 0.6) is 11.5 Å². The zero-order chi connectivity index (χ0) is 14.9. The maximum Gasteiger partial charge on any atom is 0.147 e. The third kappa shape index (κ3) is 3.30. The average Bonchev–Trinajstić information content (AvgIpc) is 2.35. The minimum absolute atomic E-state index is 0.146. The van der Waals surface area contributed by atoms with Crippen LogP contribution in [-0.2, 0) is 0 Å². The summed E-state index contributed by atoms with van der Waals surface area (Å²) >= 11 is 23.7. The molecule has 104 valence electrons. The summed E-state index contributed by atoms with van der Waals surface area (Å²) in [5.41, 5.74) is 5.89. The summed E-state index contributed by atoms with van der Waals surface area (Å²) in [7, 11) is 0. The van der Waals surface area contributed by atoms with Crippen molar-refractivity contribution in [2.75, 3.05) is 0 Å². The second-order valence-corrected chi connectivity index (χ2v) is 5.51. The lowest BCUT2D eigenvalue weighted by Gasteiger charge is -2.12. The Bertz CT molecular complexity index is 688. The van der Waals surface area contributed by atoms with Gasteiger partial charge < -0.3 is 10.5 Å². The fourth-order valence-electron chi connectivity index (χ4n) is 1.50. The van der Waals surface area contributed by atoms with Gasteiger partial charge in [0, 0.05) is 17.2 Å². The fraction of sp³-hybridized carbons (Fsp3) is 0. The van der Waals surface area contributed by atoms with E-state index in [0.29, 0.717) is 32.1 Å². The highest BCUT2D eigenvalue weighted by molar-refractivity contribution is 6.43. The Kier molecular flexibility index (Phi) is 4.66. The van der Waals surface area contributed by atoms with Gasteiger partial charge in [0.2, 0.25) is 0 Å². The molecule has 0 aliphatic carbocycles. The molecule has 0 aromatic heterocycles. The molecule has 2 rings (SSSR count). The molecule has 3 N–H and O–H groups in total. The molecule has 0 aliphatic rings. The number of halogens is 4. The highest BCUT2D eigenvalue weighted by Gasteiger charge is 2.12. The van der Waals surface area contributed by atoms with Gasteiger partial charge in [-0.3, -0.25) is 5.41 Å². The normalized spacial score (nSPS) is 10.4. The monoisotopic (exact) mass is 348 g/mol. The van der Waals surface area contributed by atoms with Crippen LogP contribution in [0.3, 0.4) is 0 Å². The quantitative estimate of drug-likeness (QED) is 0.444. The van der Waals surface area contributed by atoms with Crippen molar-refractivity contribution in [1.29, 1.82) is 5.41 Å². The molecule has 0 saturated heterocycles. The number of nitrogens with two attached hydrogens (primary N) is 1. The van der Waals surface area contributed by atoms with Crippen LogP contribution in [0.15, 0.2) is 30.3 Å². The van der Waals surface area contributed by atoms with Crippen LogP contribution in [0.1, 0.15) is 5.56 Å². The summed E-state index contributed by atoms with van der Waals surface area (Å²) < 4.78 is 5.64. The van der Waals surface area contributed by atoms with Crippen LogP contribution in [0.25, 0.3) is 0 Å². The number of benzene rings is 2. The first-order valence-electron chi connectivity index (χ1n) is 5.35. The van der Waals surface area contributed by atoms with Gasteiger partial charge >= 0.3 is 0 Å². The largest absolute Gasteiger partial charge is 0.455 e. The van der Waals surface area contributed by atoms with Crippen LogP contribution in [-0.4, -0.2) is 5.84 Å². The van der Waals surface area contributed by atoms with E-state index in [9.17, 15) is 0 Å². The molecule has 3 nitrogen and oxygen atoms in total. The summed E-state index contributed by atoms with van der Waals surface area (Å²) in [4.78, 5) is 0. The van der Waals surface area contributed by atoms with E-state index in [4.69, 9.17) is 62.3 Å². The summed E-state index contributed by atoms with van der Waals surface area (Å²) in [6.45, 7) is 0.